The van der Waals surface area contributed by atoms with Crippen molar-refractivity contribution in [2.24, 2.45) is 0 Å². The Morgan fingerprint density at radius 2 is 1.76 bits per heavy atom. The normalized spacial score (nSPS) is 11.3. The summed E-state index contributed by atoms with van der Waals surface area (Å²) in [5.41, 5.74) is 6.14. The molecule has 0 aliphatic rings. The maximum absolute atomic E-state index is 4.40. The first kappa shape index (κ1) is 12.2. The van der Waals surface area contributed by atoms with Gasteiger partial charge in [0.25, 0.3) is 0 Å². The van der Waals surface area contributed by atoms with Gasteiger partial charge in [0.05, 0.1) is 0 Å². The van der Waals surface area contributed by atoms with Crippen molar-refractivity contribution in [3.8, 4) is 11.1 Å². The van der Waals surface area contributed by atoms with Crippen molar-refractivity contribution >= 4 is 21.8 Å². The zero-order valence-electron chi connectivity index (χ0n) is 12.1. The summed E-state index contributed by atoms with van der Waals surface area (Å²) in [5.74, 6) is 0. The summed E-state index contributed by atoms with van der Waals surface area (Å²) < 4.78 is 0. The van der Waals surface area contributed by atoms with Gasteiger partial charge in [0.15, 0.2) is 0 Å². The summed E-state index contributed by atoms with van der Waals surface area (Å²) in [6.07, 6.45) is 3.90. The minimum absolute atomic E-state index is 0.942. The quantitative estimate of drug-likeness (QED) is 0.519. The second kappa shape index (κ2) is 4.45. The Morgan fingerprint density at radius 3 is 2.67 bits per heavy atom. The number of aromatic nitrogens is 2. The van der Waals surface area contributed by atoms with Crippen molar-refractivity contribution in [1.29, 1.82) is 0 Å². The van der Waals surface area contributed by atoms with Gasteiger partial charge in [0.1, 0.15) is 5.65 Å². The SMILES string of the molecule is Cc1cc2ccccc2c(-c2c[nH]c3ncccc23)c1C. The van der Waals surface area contributed by atoms with Gasteiger partial charge >= 0.3 is 0 Å². The number of hydrogen-bond acceptors (Lipinski definition) is 1. The first-order valence-corrected chi connectivity index (χ1v) is 7.17. The van der Waals surface area contributed by atoms with E-state index in [1.807, 2.05) is 12.3 Å². The number of pyridine rings is 1. The third-order valence-corrected chi connectivity index (χ3v) is 4.29. The first-order valence-electron chi connectivity index (χ1n) is 7.17. The highest BCUT2D eigenvalue weighted by Crippen LogP contribution is 2.37. The predicted molar refractivity (Wildman–Crippen MR) is 88.5 cm³/mol. The third-order valence-electron chi connectivity index (χ3n) is 4.29. The molecule has 0 atom stereocenters. The molecule has 4 aromatic rings. The van der Waals surface area contributed by atoms with Crippen LogP contribution in [-0.4, -0.2) is 9.97 Å². The Morgan fingerprint density at radius 1 is 0.952 bits per heavy atom. The molecule has 0 saturated heterocycles. The molecule has 0 saturated carbocycles. The van der Waals surface area contributed by atoms with Crippen LogP contribution in [0.3, 0.4) is 0 Å². The molecule has 2 heterocycles. The molecule has 2 aromatic heterocycles. The Balaban J connectivity index is 2.17. The zero-order chi connectivity index (χ0) is 14.4. The molecule has 0 amide bonds. The lowest BCUT2D eigenvalue weighted by Crippen LogP contribution is -1.89. The molecule has 2 nitrogen and oxygen atoms in total. The van der Waals surface area contributed by atoms with Gasteiger partial charge < -0.3 is 4.98 Å². The van der Waals surface area contributed by atoms with Gasteiger partial charge in [0, 0.05) is 23.3 Å². The fourth-order valence-electron chi connectivity index (χ4n) is 3.10. The number of aromatic amines is 1. The molecule has 0 unspecified atom stereocenters. The average Bonchev–Trinajstić information content (AvgIpc) is 2.92. The molecule has 1 N–H and O–H groups in total. The summed E-state index contributed by atoms with van der Waals surface area (Å²) in [6, 6.07) is 15.0. The minimum Gasteiger partial charge on any atom is -0.346 e. The van der Waals surface area contributed by atoms with Crippen LogP contribution in [0.15, 0.2) is 54.9 Å². The maximum atomic E-state index is 4.40. The Kier molecular flexibility index (Phi) is 2.58. The van der Waals surface area contributed by atoms with E-state index in [9.17, 15) is 0 Å². The number of rotatable bonds is 1. The number of H-pyrrole nitrogens is 1. The smallest absolute Gasteiger partial charge is 0.137 e. The largest absolute Gasteiger partial charge is 0.346 e. The van der Waals surface area contributed by atoms with Crippen LogP contribution in [0.25, 0.3) is 32.9 Å². The second-order valence-corrected chi connectivity index (χ2v) is 5.52. The van der Waals surface area contributed by atoms with Crippen molar-refractivity contribution in [2.45, 2.75) is 13.8 Å². The monoisotopic (exact) mass is 272 g/mol. The lowest BCUT2D eigenvalue weighted by Gasteiger charge is -2.13. The van der Waals surface area contributed by atoms with Crippen LogP contribution in [-0.2, 0) is 0 Å². The molecule has 0 bridgehead atoms. The molecule has 2 aromatic carbocycles. The van der Waals surface area contributed by atoms with Gasteiger partial charge in [-0.15, -0.1) is 0 Å². The van der Waals surface area contributed by atoms with E-state index in [2.05, 4.69) is 66.4 Å². The van der Waals surface area contributed by atoms with Gasteiger partial charge in [-0.2, -0.15) is 0 Å². The van der Waals surface area contributed by atoms with E-state index >= 15 is 0 Å². The Labute approximate surface area is 123 Å². The molecule has 0 aliphatic carbocycles. The van der Waals surface area contributed by atoms with Crippen LogP contribution < -0.4 is 0 Å². The third kappa shape index (κ3) is 1.76. The average molecular weight is 272 g/mol. The lowest BCUT2D eigenvalue weighted by molar-refractivity contribution is 1.32. The van der Waals surface area contributed by atoms with Gasteiger partial charge in [0.2, 0.25) is 0 Å². The van der Waals surface area contributed by atoms with Gasteiger partial charge in [-0.1, -0.05) is 30.3 Å². The van der Waals surface area contributed by atoms with Gasteiger partial charge in [-0.25, -0.2) is 4.98 Å². The van der Waals surface area contributed by atoms with E-state index in [4.69, 9.17) is 0 Å². The van der Waals surface area contributed by atoms with Crippen LogP contribution in [0, 0.1) is 13.8 Å². The van der Waals surface area contributed by atoms with Crippen LogP contribution >= 0.6 is 0 Å². The van der Waals surface area contributed by atoms with Crippen LogP contribution in [0.2, 0.25) is 0 Å². The number of nitrogens with one attached hydrogen (secondary N) is 1. The number of benzene rings is 2. The maximum Gasteiger partial charge on any atom is 0.137 e. The molecular formula is C19H16N2. The summed E-state index contributed by atoms with van der Waals surface area (Å²) >= 11 is 0. The standard InChI is InChI=1S/C19H16N2/c1-12-10-14-6-3-4-7-15(14)18(13(12)2)17-11-21-19-16(17)8-5-9-20-19/h3-11H,1-2H3,(H,20,21). The molecule has 2 heteroatoms. The van der Waals surface area contributed by atoms with Crippen molar-refractivity contribution in [1.82, 2.24) is 9.97 Å². The zero-order valence-corrected chi connectivity index (χ0v) is 12.1. The minimum atomic E-state index is 0.942. The number of aryl methyl sites for hydroxylation is 1. The number of hydrogen-bond donors (Lipinski definition) is 1. The molecular weight excluding hydrogens is 256 g/mol. The fraction of sp³-hybridized carbons (Fsp3) is 0.105. The van der Waals surface area contributed by atoms with Crippen molar-refractivity contribution in [3.05, 3.63) is 66.0 Å². The van der Waals surface area contributed by atoms with Gasteiger partial charge in [-0.05, 0) is 53.4 Å². The summed E-state index contributed by atoms with van der Waals surface area (Å²) in [5, 5.41) is 3.76. The highest BCUT2D eigenvalue weighted by atomic mass is 14.8. The van der Waals surface area contributed by atoms with Crippen LogP contribution in [0.4, 0.5) is 0 Å². The van der Waals surface area contributed by atoms with E-state index in [1.165, 1.54) is 38.4 Å². The van der Waals surface area contributed by atoms with Crippen LogP contribution in [0.5, 0.6) is 0 Å². The summed E-state index contributed by atoms with van der Waals surface area (Å²) in [6.45, 7) is 4.38. The van der Waals surface area contributed by atoms with Crippen molar-refractivity contribution in [2.75, 3.05) is 0 Å². The second-order valence-electron chi connectivity index (χ2n) is 5.52. The molecule has 21 heavy (non-hydrogen) atoms. The molecule has 4 rings (SSSR count). The summed E-state index contributed by atoms with van der Waals surface area (Å²) in [7, 11) is 0. The van der Waals surface area contributed by atoms with E-state index in [0.717, 1.165) is 5.65 Å². The van der Waals surface area contributed by atoms with E-state index in [1.54, 1.807) is 0 Å². The van der Waals surface area contributed by atoms with E-state index in [0.29, 0.717) is 0 Å². The Hall–Kier alpha value is -2.61. The molecule has 0 radical (unpaired) electrons. The highest BCUT2D eigenvalue weighted by molar-refractivity contribution is 6.06. The fourth-order valence-corrected chi connectivity index (χ4v) is 3.10. The molecule has 0 spiro atoms. The van der Waals surface area contributed by atoms with E-state index in [-0.39, 0.29) is 0 Å². The molecule has 102 valence electrons. The topological polar surface area (TPSA) is 28.7 Å². The lowest BCUT2D eigenvalue weighted by atomic mass is 9.91. The van der Waals surface area contributed by atoms with Crippen LogP contribution in [0.1, 0.15) is 11.1 Å². The first-order chi connectivity index (χ1) is 10.3. The van der Waals surface area contributed by atoms with Crippen molar-refractivity contribution in [3.63, 3.8) is 0 Å². The van der Waals surface area contributed by atoms with E-state index < -0.39 is 0 Å². The highest BCUT2D eigenvalue weighted by Gasteiger charge is 2.13. The van der Waals surface area contributed by atoms with Crippen molar-refractivity contribution < 1.29 is 0 Å². The molecule has 0 aliphatic heterocycles. The Bertz CT molecular complexity index is 964. The predicted octanol–water partition coefficient (Wildman–Crippen LogP) is 5.00. The molecule has 0 fully saturated rings. The van der Waals surface area contributed by atoms with Gasteiger partial charge in [-0.3, -0.25) is 0 Å². The summed E-state index contributed by atoms with van der Waals surface area (Å²) in [4.78, 5) is 7.69. The number of nitrogens with zero attached hydrogens (tertiary/aromatic N) is 1. The number of fused-ring (bicyclic) bond motifs is 2.